The van der Waals surface area contributed by atoms with Crippen LogP contribution >= 0.6 is 22.6 Å². The average Bonchev–Trinajstić information content (AvgIpc) is 2.39. The predicted molar refractivity (Wildman–Crippen MR) is 88.9 cm³/mol. The highest BCUT2D eigenvalue weighted by atomic mass is 127. The molecule has 1 aromatic carbocycles. The van der Waals surface area contributed by atoms with Gasteiger partial charge < -0.3 is 5.32 Å². The fourth-order valence-corrected chi connectivity index (χ4v) is 3.03. The topological polar surface area (TPSA) is 12.0 Å². The van der Waals surface area contributed by atoms with Crippen LogP contribution in [0, 0.1) is 9.49 Å². The van der Waals surface area contributed by atoms with Gasteiger partial charge in [0.1, 0.15) is 0 Å². The van der Waals surface area contributed by atoms with E-state index in [0.717, 1.165) is 5.92 Å². The first-order valence-corrected chi connectivity index (χ1v) is 8.21. The second kappa shape index (κ2) is 8.92. The molecule has 0 aliphatic heterocycles. The summed E-state index contributed by atoms with van der Waals surface area (Å²) >= 11 is 2.39. The van der Waals surface area contributed by atoms with Crippen molar-refractivity contribution in [3.8, 4) is 0 Å². The molecule has 0 bridgehead atoms. The van der Waals surface area contributed by atoms with Gasteiger partial charge in [0, 0.05) is 9.61 Å². The molecule has 2 unspecified atom stereocenters. The molecule has 0 aromatic heterocycles. The zero-order chi connectivity index (χ0) is 13.4. The van der Waals surface area contributed by atoms with Crippen molar-refractivity contribution in [3.63, 3.8) is 0 Å². The number of halogens is 1. The van der Waals surface area contributed by atoms with Crippen molar-refractivity contribution >= 4 is 22.6 Å². The van der Waals surface area contributed by atoms with Gasteiger partial charge in [-0.05, 0) is 59.7 Å². The second-order valence-corrected chi connectivity index (χ2v) is 6.29. The van der Waals surface area contributed by atoms with Gasteiger partial charge in [-0.25, -0.2) is 0 Å². The molecule has 0 saturated carbocycles. The molecule has 0 aliphatic carbocycles. The third-order valence-corrected chi connectivity index (χ3v) is 4.38. The zero-order valence-electron chi connectivity index (χ0n) is 11.9. The van der Waals surface area contributed by atoms with E-state index in [4.69, 9.17) is 0 Å². The molecule has 18 heavy (non-hydrogen) atoms. The van der Waals surface area contributed by atoms with Crippen molar-refractivity contribution < 1.29 is 0 Å². The Kier molecular flexibility index (Phi) is 7.91. The standard InChI is InChI=1S/C16H26IN/c1-4-6-8-13(5-2)11-16(18-3)14-9-7-10-15(17)12-14/h7,9-10,12-13,16,18H,4-6,8,11H2,1-3H3. The van der Waals surface area contributed by atoms with Gasteiger partial charge in [-0.1, -0.05) is 51.7 Å². The van der Waals surface area contributed by atoms with Crippen molar-refractivity contribution in [2.75, 3.05) is 7.05 Å². The van der Waals surface area contributed by atoms with Crippen molar-refractivity contribution in [2.24, 2.45) is 5.92 Å². The van der Waals surface area contributed by atoms with E-state index in [2.05, 4.69) is 73.1 Å². The fourth-order valence-electron chi connectivity index (χ4n) is 2.46. The largest absolute Gasteiger partial charge is 0.313 e. The Morgan fingerprint density at radius 1 is 1.28 bits per heavy atom. The lowest BCUT2D eigenvalue weighted by atomic mass is 9.89. The van der Waals surface area contributed by atoms with Crippen LogP contribution in [0.25, 0.3) is 0 Å². The monoisotopic (exact) mass is 359 g/mol. The number of unbranched alkanes of at least 4 members (excludes halogenated alkanes) is 1. The highest BCUT2D eigenvalue weighted by Crippen LogP contribution is 2.27. The number of rotatable bonds is 8. The highest BCUT2D eigenvalue weighted by Gasteiger charge is 2.15. The van der Waals surface area contributed by atoms with Crippen LogP contribution in [0.2, 0.25) is 0 Å². The summed E-state index contributed by atoms with van der Waals surface area (Å²) in [6, 6.07) is 9.37. The molecule has 0 heterocycles. The van der Waals surface area contributed by atoms with E-state index in [1.54, 1.807) is 0 Å². The Balaban J connectivity index is 2.65. The number of nitrogens with one attached hydrogen (secondary N) is 1. The minimum absolute atomic E-state index is 0.501. The molecule has 2 heteroatoms. The van der Waals surface area contributed by atoms with Crippen molar-refractivity contribution in [3.05, 3.63) is 33.4 Å². The Morgan fingerprint density at radius 3 is 2.61 bits per heavy atom. The molecular formula is C16H26IN. The van der Waals surface area contributed by atoms with E-state index in [1.807, 2.05) is 0 Å². The van der Waals surface area contributed by atoms with E-state index in [0.29, 0.717) is 6.04 Å². The summed E-state index contributed by atoms with van der Waals surface area (Å²) in [6.45, 7) is 4.60. The van der Waals surface area contributed by atoms with Gasteiger partial charge in [0.15, 0.2) is 0 Å². The molecule has 1 N–H and O–H groups in total. The lowest BCUT2D eigenvalue weighted by Crippen LogP contribution is -2.20. The van der Waals surface area contributed by atoms with Gasteiger partial charge in [-0.15, -0.1) is 0 Å². The first-order chi connectivity index (χ1) is 8.71. The molecule has 0 radical (unpaired) electrons. The van der Waals surface area contributed by atoms with Crippen LogP contribution in [-0.4, -0.2) is 7.05 Å². The van der Waals surface area contributed by atoms with E-state index >= 15 is 0 Å². The maximum absolute atomic E-state index is 3.48. The SMILES string of the molecule is CCCCC(CC)CC(NC)c1cccc(I)c1. The summed E-state index contributed by atoms with van der Waals surface area (Å²) in [5.74, 6) is 0.847. The van der Waals surface area contributed by atoms with Crippen LogP contribution < -0.4 is 5.32 Å². The lowest BCUT2D eigenvalue weighted by Gasteiger charge is -2.23. The summed E-state index contributed by atoms with van der Waals surface area (Å²) in [5.41, 5.74) is 1.43. The molecule has 2 atom stereocenters. The van der Waals surface area contributed by atoms with Crippen LogP contribution in [0.5, 0.6) is 0 Å². The molecule has 1 aromatic rings. The summed E-state index contributed by atoms with van der Waals surface area (Å²) in [6.07, 6.45) is 6.59. The molecule has 0 amide bonds. The normalized spacial score (nSPS) is 14.4. The van der Waals surface area contributed by atoms with Crippen LogP contribution in [0.1, 0.15) is 57.6 Å². The Labute approximate surface area is 126 Å². The molecule has 1 rings (SSSR count). The predicted octanol–water partition coefficient (Wildman–Crippen LogP) is 5.16. The van der Waals surface area contributed by atoms with Crippen molar-refractivity contribution in [1.82, 2.24) is 5.32 Å². The van der Waals surface area contributed by atoms with Crippen LogP contribution in [0.3, 0.4) is 0 Å². The van der Waals surface area contributed by atoms with E-state index in [9.17, 15) is 0 Å². The van der Waals surface area contributed by atoms with Crippen LogP contribution in [0.4, 0.5) is 0 Å². The lowest BCUT2D eigenvalue weighted by molar-refractivity contribution is 0.365. The highest BCUT2D eigenvalue weighted by molar-refractivity contribution is 14.1. The van der Waals surface area contributed by atoms with Gasteiger partial charge in [0.2, 0.25) is 0 Å². The van der Waals surface area contributed by atoms with Crippen molar-refractivity contribution in [2.45, 2.75) is 52.0 Å². The number of benzene rings is 1. The Morgan fingerprint density at radius 2 is 2.06 bits per heavy atom. The summed E-state index contributed by atoms with van der Waals surface area (Å²) in [5, 5.41) is 3.48. The molecule has 0 saturated heterocycles. The average molecular weight is 359 g/mol. The molecular weight excluding hydrogens is 333 g/mol. The summed E-state index contributed by atoms with van der Waals surface area (Å²) in [4.78, 5) is 0. The third kappa shape index (κ3) is 5.27. The smallest absolute Gasteiger partial charge is 0.0320 e. The summed E-state index contributed by atoms with van der Waals surface area (Å²) < 4.78 is 1.33. The molecule has 1 nitrogen and oxygen atoms in total. The minimum atomic E-state index is 0.501. The number of hydrogen-bond acceptors (Lipinski definition) is 1. The first-order valence-electron chi connectivity index (χ1n) is 7.13. The fraction of sp³-hybridized carbons (Fsp3) is 0.625. The summed E-state index contributed by atoms with van der Waals surface area (Å²) in [7, 11) is 2.08. The van der Waals surface area contributed by atoms with E-state index in [-0.39, 0.29) is 0 Å². The minimum Gasteiger partial charge on any atom is -0.313 e. The second-order valence-electron chi connectivity index (χ2n) is 5.05. The third-order valence-electron chi connectivity index (χ3n) is 3.71. The van der Waals surface area contributed by atoms with Crippen LogP contribution in [0.15, 0.2) is 24.3 Å². The molecule has 102 valence electrons. The Bertz CT molecular complexity index is 338. The number of hydrogen-bond donors (Lipinski definition) is 1. The van der Waals surface area contributed by atoms with Crippen LogP contribution in [-0.2, 0) is 0 Å². The van der Waals surface area contributed by atoms with Gasteiger partial charge in [0.25, 0.3) is 0 Å². The van der Waals surface area contributed by atoms with Crippen molar-refractivity contribution in [1.29, 1.82) is 0 Å². The first kappa shape index (κ1) is 16.0. The maximum Gasteiger partial charge on any atom is 0.0320 e. The molecule has 0 aliphatic rings. The molecule has 0 fully saturated rings. The van der Waals surface area contributed by atoms with E-state index in [1.165, 1.54) is 41.2 Å². The zero-order valence-corrected chi connectivity index (χ0v) is 14.0. The maximum atomic E-state index is 3.48. The van der Waals surface area contributed by atoms with Gasteiger partial charge >= 0.3 is 0 Å². The van der Waals surface area contributed by atoms with Gasteiger partial charge in [-0.3, -0.25) is 0 Å². The van der Waals surface area contributed by atoms with Gasteiger partial charge in [0.05, 0.1) is 0 Å². The quantitative estimate of drug-likeness (QED) is 0.633. The Hall–Kier alpha value is -0.0900. The van der Waals surface area contributed by atoms with Gasteiger partial charge in [-0.2, -0.15) is 0 Å². The molecule has 0 spiro atoms. The van der Waals surface area contributed by atoms with E-state index < -0.39 is 0 Å².